The number of nitrogens with one attached hydrogen (secondary N) is 1. The van der Waals surface area contributed by atoms with Gasteiger partial charge in [0.05, 0.1) is 11.8 Å². The Morgan fingerprint density at radius 3 is 2.94 bits per heavy atom. The molecule has 1 heterocycles. The van der Waals surface area contributed by atoms with E-state index in [1.54, 1.807) is 10.9 Å². The summed E-state index contributed by atoms with van der Waals surface area (Å²) in [5.41, 5.74) is 0.920. The summed E-state index contributed by atoms with van der Waals surface area (Å²) in [6, 6.07) is 1.88. The van der Waals surface area contributed by atoms with Crippen LogP contribution in [0.25, 0.3) is 0 Å². The quantitative estimate of drug-likeness (QED) is 0.725. The first-order valence-electron chi connectivity index (χ1n) is 5.96. The maximum absolute atomic E-state index is 11.5. The van der Waals surface area contributed by atoms with E-state index in [0.29, 0.717) is 13.2 Å². The molecular formula is C12H21N3O2. The van der Waals surface area contributed by atoms with Crippen LogP contribution in [-0.2, 0) is 16.1 Å². The van der Waals surface area contributed by atoms with Crippen LogP contribution >= 0.6 is 0 Å². The Morgan fingerprint density at radius 1 is 1.59 bits per heavy atom. The number of amides is 1. The Hall–Kier alpha value is -1.36. The lowest BCUT2D eigenvalue weighted by atomic mass is 10.4. The summed E-state index contributed by atoms with van der Waals surface area (Å²) in [5.74, 6) is -0.0161. The summed E-state index contributed by atoms with van der Waals surface area (Å²) in [6.07, 6.45) is 2.89. The highest BCUT2D eigenvalue weighted by molar-refractivity contribution is 5.75. The SMILES string of the molecule is Cc1ccn(CC(=O)NCCCOC(C)C)n1. The summed E-state index contributed by atoms with van der Waals surface area (Å²) in [4.78, 5) is 11.5. The minimum Gasteiger partial charge on any atom is -0.379 e. The molecule has 1 aromatic rings. The van der Waals surface area contributed by atoms with Crippen LogP contribution in [0.5, 0.6) is 0 Å². The van der Waals surface area contributed by atoms with Gasteiger partial charge in [0.1, 0.15) is 6.54 Å². The summed E-state index contributed by atoms with van der Waals surface area (Å²) in [7, 11) is 0. The van der Waals surface area contributed by atoms with Gasteiger partial charge in [0.2, 0.25) is 5.91 Å². The minimum absolute atomic E-state index is 0.0161. The van der Waals surface area contributed by atoms with Crippen LogP contribution < -0.4 is 5.32 Å². The molecule has 5 nitrogen and oxygen atoms in total. The zero-order chi connectivity index (χ0) is 12.7. The van der Waals surface area contributed by atoms with Crippen molar-refractivity contribution in [3.05, 3.63) is 18.0 Å². The van der Waals surface area contributed by atoms with Gasteiger partial charge in [-0.1, -0.05) is 0 Å². The molecule has 0 saturated carbocycles. The lowest BCUT2D eigenvalue weighted by molar-refractivity contribution is -0.121. The number of rotatable bonds is 7. The van der Waals surface area contributed by atoms with Gasteiger partial charge in [-0.25, -0.2) is 0 Å². The number of hydrogen-bond acceptors (Lipinski definition) is 3. The highest BCUT2D eigenvalue weighted by Gasteiger charge is 2.02. The van der Waals surface area contributed by atoms with Gasteiger partial charge in [-0.15, -0.1) is 0 Å². The molecular weight excluding hydrogens is 218 g/mol. The van der Waals surface area contributed by atoms with E-state index >= 15 is 0 Å². The van der Waals surface area contributed by atoms with E-state index in [4.69, 9.17) is 4.74 Å². The van der Waals surface area contributed by atoms with Crippen molar-refractivity contribution in [2.24, 2.45) is 0 Å². The number of carbonyl (C=O) groups is 1. The highest BCUT2D eigenvalue weighted by atomic mass is 16.5. The lowest BCUT2D eigenvalue weighted by Crippen LogP contribution is -2.29. The largest absolute Gasteiger partial charge is 0.379 e. The predicted molar refractivity (Wildman–Crippen MR) is 65.7 cm³/mol. The van der Waals surface area contributed by atoms with Crippen molar-refractivity contribution in [1.29, 1.82) is 0 Å². The second-order valence-electron chi connectivity index (χ2n) is 4.28. The summed E-state index contributed by atoms with van der Waals surface area (Å²) < 4.78 is 7.01. The minimum atomic E-state index is -0.0161. The van der Waals surface area contributed by atoms with E-state index in [2.05, 4.69) is 10.4 Å². The maximum Gasteiger partial charge on any atom is 0.241 e. The molecule has 0 aliphatic heterocycles. The van der Waals surface area contributed by atoms with Gasteiger partial charge in [-0.2, -0.15) is 5.10 Å². The van der Waals surface area contributed by atoms with Crippen LogP contribution in [0.1, 0.15) is 26.0 Å². The molecule has 0 fully saturated rings. The Bertz CT molecular complexity index is 347. The third-order valence-corrected chi connectivity index (χ3v) is 2.17. The van der Waals surface area contributed by atoms with Gasteiger partial charge in [0.25, 0.3) is 0 Å². The van der Waals surface area contributed by atoms with Gasteiger partial charge < -0.3 is 10.1 Å². The second kappa shape index (κ2) is 7.06. The van der Waals surface area contributed by atoms with Gasteiger partial charge in [0, 0.05) is 19.3 Å². The molecule has 0 spiro atoms. The standard InChI is InChI=1S/C12H21N3O2/c1-10(2)17-8-4-6-13-12(16)9-15-7-5-11(3)14-15/h5,7,10H,4,6,8-9H2,1-3H3,(H,13,16). The second-order valence-corrected chi connectivity index (χ2v) is 4.28. The summed E-state index contributed by atoms with van der Waals surface area (Å²) in [6.45, 7) is 7.50. The van der Waals surface area contributed by atoms with E-state index in [1.165, 1.54) is 0 Å². The van der Waals surface area contributed by atoms with E-state index < -0.39 is 0 Å². The van der Waals surface area contributed by atoms with Gasteiger partial charge >= 0.3 is 0 Å². The molecule has 1 rings (SSSR count). The van der Waals surface area contributed by atoms with Crippen LogP contribution in [0, 0.1) is 6.92 Å². The van der Waals surface area contributed by atoms with Gasteiger partial charge in [0.15, 0.2) is 0 Å². The summed E-state index contributed by atoms with van der Waals surface area (Å²) >= 11 is 0. The average molecular weight is 239 g/mol. The first-order valence-corrected chi connectivity index (χ1v) is 5.96. The van der Waals surface area contributed by atoms with Crippen LogP contribution in [-0.4, -0.2) is 34.9 Å². The van der Waals surface area contributed by atoms with Gasteiger partial charge in [-0.05, 0) is 33.3 Å². The van der Waals surface area contributed by atoms with Crippen LogP contribution in [0.2, 0.25) is 0 Å². The van der Waals surface area contributed by atoms with Crippen molar-refractivity contribution in [3.8, 4) is 0 Å². The van der Waals surface area contributed by atoms with E-state index in [1.807, 2.05) is 26.8 Å². The number of ether oxygens (including phenoxy) is 1. The smallest absolute Gasteiger partial charge is 0.241 e. The van der Waals surface area contributed by atoms with Crippen molar-refractivity contribution in [2.45, 2.75) is 39.8 Å². The Balaban J connectivity index is 2.09. The highest BCUT2D eigenvalue weighted by Crippen LogP contribution is 1.92. The molecule has 1 amide bonds. The monoisotopic (exact) mass is 239 g/mol. The third-order valence-electron chi connectivity index (χ3n) is 2.17. The van der Waals surface area contributed by atoms with E-state index in [-0.39, 0.29) is 18.6 Å². The Labute approximate surface area is 102 Å². The number of carbonyl (C=O) groups excluding carboxylic acids is 1. The van der Waals surface area contributed by atoms with Crippen molar-refractivity contribution in [3.63, 3.8) is 0 Å². The van der Waals surface area contributed by atoms with Crippen molar-refractivity contribution < 1.29 is 9.53 Å². The predicted octanol–water partition coefficient (Wildman–Crippen LogP) is 1.12. The molecule has 0 aliphatic carbocycles. The molecule has 0 aromatic carbocycles. The number of nitrogens with zero attached hydrogens (tertiary/aromatic N) is 2. The van der Waals surface area contributed by atoms with Gasteiger partial charge in [-0.3, -0.25) is 9.48 Å². The first-order chi connectivity index (χ1) is 8.08. The average Bonchev–Trinajstić information content (AvgIpc) is 2.63. The third kappa shape index (κ3) is 6.06. The van der Waals surface area contributed by atoms with Crippen LogP contribution in [0.15, 0.2) is 12.3 Å². The summed E-state index contributed by atoms with van der Waals surface area (Å²) in [5, 5.41) is 6.98. The molecule has 0 unspecified atom stereocenters. The molecule has 0 saturated heterocycles. The molecule has 0 atom stereocenters. The fraction of sp³-hybridized carbons (Fsp3) is 0.667. The van der Waals surface area contributed by atoms with Crippen molar-refractivity contribution in [2.75, 3.05) is 13.2 Å². The molecule has 96 valence electrons. The fourth-order valence-electron chi connectivity index (χ4n) is 1.37. The molecule has 0 bridgehead atoms. The number of aromatic nitrogens is 2. The molecule has 5 heteroatoms. The topological polar surface area (TPSA) is 56.2 Å². The number of aryl methyl sites for hydroxylation is 1. The zero-order valence-electron chi connectivity index (χ0n) is 10.8. The molecule has 1 N–H and O–H groups in total. The molecule has 17 heavy (non-hydrogen) atoms. The molecule has 1 aromatic heterocycles. The number of hydrogen-bond donors (Lipinski definition) is 1. The lowest BCUT2D eigenvalue weighted by Gasteiger charge is -2.08. The van der Waals surface area contributed by atoms with E-state index in [9.17, 15) is 4.79 Å². The van der Waals surface area contributed by atoms with Crippen LogP contribution in [0.3, 0.4) is 0 Å². The van der Waals surface area contributed by atoms with Crippen molar-refractivity contribution >= 4 is 5.91 Å². The van der Waals surface area contributed by atoms with Crippen molar-refractivity contribution in [1.82, 2.24) is 15.1 Å². The fourth-order valence-corrected chi connectivity index (χ4v) is 1.37. The Kier molecular flexibility index (Phi) is 5.69. The molecule has 0 aliphatic rings. The molecule has 0 radical (unpaired) electrons. The zero-order valence-corrected chi connectivity index (χ0v) is 10.8. The maximum atomic E-state index is 11.5. The first kappa shape index (κ1) is 13.7. The van der Waals surface area contributed by atoms with Crippen LogP contribution in [0.4, 0.5) is 0 Å². The van der Waals surface area contributed by atoms with E-state index in [0.717, 1.165) is 12.1 Å². The normalized spacial score (nSPS) is 10.8. The Morgan fingerprint density at radius 2 is 2.35 bits per heavy atom.